The minimum Gasteiger partial charge on any atom is -0.497 e. The molecule has 1 heterocycles. The van der Waals surface area contributed by atoms with Gasteiger partial charge in [-0.2, -0.15) is 0 Å². The first kappa shape index (κ1) is 24.2. The summed E-state index contributed by atoms with van der Waals surface area (Å²) in [4.78, 5) is 13.0. The largest absolute Gasteiger partial charge is 0.497 e. The van der Waals surface area contributed by atoms with E-state index < -0.39 is 0 Å². The van der Waals surface area contributed by atoms with Crippen LogP contribution in [0.1, 0.15) is 17.2 Å². The maximum absolute atomic E-state index is 13.0. The Morgan fingerprint density at radius 2 is 1.31 bits per heavy atom. The van der Waals surface area contributed by atoms with Crippen molar-refractivity contribution in [3.8, 4) is 22.9 Å². The number of nitrogens with one attached hydrogen (secondary N) is 1. The van der Waals surface area contributed by atoms with Crippen molar-refractivity contribution >= 4 is 17.7 Å². The van der Waals surface area contributed by atoms with Crippen molar-refractivity contribution < 1.29 is 19.0 Å². The molecule has 0 saturated heterocycles. The summed E-state index contributed by atoms with van der Waals surface area (Å²) >= 11 is 1.32. The number of carbonyl (C=O) groups is 1. The Hall–Kier alpha value is -3.98. The van der Waals surface area contributed by atoms with Crippen LogP contribution in [-0.2, 0) is 4.79 Å². The third-order valence-corrected chi connectivity index (χ3v) is 6.35. The predicted molar refractivity (Wildman–Crippen MR) is 135 cm³/mol. The second-order valence-electron chi connectivity index (χ2n) is 7.52. The normalized spacial score (nSPS) is 10.7. The Labute approximate surface area is 208 Å². The van der Waals surface area contributed by atoms with E-state index in [1.54, 1.807) is 27.7 Å². The van der Waals surface area contributed by atoms with Gasteiger partial charge >= 0.3 is 0 Å². The molecule has 4 rings (SSSR count). The molecular formula is C26H26N4O4S. The fraction of sp³-hybridized carbons (Fsp3) is 0.192. The molecule has 8 nitrogen and oxygen atoms in total. The summed E-state index contributed by atoms with van der Waals surface area (Å²) in [6.45, 7) is 0. The Kier molecular flexibility index (Phi) is 7.89. The topological polar surface area (TPSA) is 87.5 Å². The Morgan fingerprint density at radius 1 is 0.829 bits per heavy atom. The molecule has 0 radical (unpaired) electrons. The van der Waals surface area contributed by atoms with Gasteiger partial charge in [-0.15, -0.1) is 10.2 Å². The number of carbonyl (C=O) groups excluding carboxylic acids is 1. The minimum absolute atomic E-state index is 0.129. The lowest BCUT2D eigenvalue weighted by molar-refractivity contribution is -0.119. The molecule has 0 bridgehead atoms. The van der Waals surface area contributed by atoms with Crippen LogP contribution < -0.4 is 19.5 Å². The number of methoxy groups -OCH3 is 3. The van der Waals surface area contributed by atoms with Crippen LogP contribution in [0, 0.1) is 0 Å². The van der Waals surface area contributed by atoms with Crippen LogP contribution in [-0.4, -0.2) is 47.8 Å². The zero-order valence-corrected chi connectivity index (χ0v) is 20.5. The van der Waals surface area contributed by atoms with Crippen LogP contribution in [0.4, 0.5) is 0 Å². The molecular weight excluding hydrogens is 464 g/mol. The molecule has 0 aliphatic heterocycles. The van der Waals surface area contributed by atoms with E-state index in [0.717, 1.165) is 34.1 Å². The number of thioether (sulfide) groups is 1. The molecule has 35 heavy (non-hydrogen) atoms. The van der Waals surface area contributed by atoms with Crippen molar-refractivity contribution in [1.29, 1.82) is 0 Å². The number of rotatable bonds is 10. The molecule has 3 aromatic carbocycles. The first-order chi connectivity index (χ1) is 17.1. The highest BCUT2D eigenvalue weighted by molar-refractivity contribution is 7.99. The lowest BCUT2D eigenvalue weighted by Gasteiger charge is -2.20. The van der Waals surface area contributed by atoms with E-state index in [9.17, 15) is 4.79 Å². The van der Waals surface area contributed by atoms with Crippen molar-refractivity contribution in [2.45, 2.75) is 11.2 Å². The molecule has 180 valence electrons. The van der Waals surface area contributed by atoms with Crippen LogP contribution in [0.3, 0.4) is 0 Å². The summed E-state index contributed by atoms with van der Waals surface area (Å²) in [6.07, 6.45) is 1.62. The maximum atomic E-state index is 13.0. The van der Waals surface area contributed by atoms with Gasteiger partial charge in [-0.25, -0.2) is 0 Å². The number of hydrogen-bond donors (Lipinski definition) is 1. The first-order valence-corrected chi connectivity index (χ1v) is 11.8. The number of aromatic nitrogens is 3. The van der Waals surface area contributed by atoms with Gasteiger partial charge in [0.15, 0.2) is 5.16 Å². The van der Waals surface area contributed by atoms with Crippen molar-refractivity contribution in [2.75, 3.05) is 27.1 Å². The number of amides is 1. The first-order valence-electron chi connectivity index (χ1n) is 10.9. The molecule has 0 aliphatic carbocycles. The van der Waals surface area contributed by atoms with Gasteiger partial charge in [0.25, 0.3) is 0 Å². The lowest BCUT2D eigenvalue weighted by atomic mass is 9.98. The van der Waals surface area contributed by atoms with E-state index in [1.165, 1.54) is 11.8 Å². The average molecular weight is 491 g/mol. The van der Waals surface area contributed by atoms with Gasteiger partial charge in [-0.1, -0.05) is 36.0 Å². The third kappa shape index (κ3) is 5.93. The monoisotopic (exact) mass is 490 g/mol. The fourth-order valence-electron chi connectivity index (χ4n) is 3.53. The summed E-state index contributed by atoms with van der Waals surface area (Å²) in [5.41, 5.74) is 2.76. The Balaban J connectivity index is 1.48. The highest BCUT2D eigenvalue weighted by Crippen LogP contribution is 2.27. The lowest BCUT2D eigenvalue weighted by Crippen LogP contribution is -2.30. The van der Waals surface area contributed by atoms with E-state index in [-0.39, 0.29) is 17.7 Å². The van der Waals surface area contributed by atoms with Crippen molar-refractivity contribution in [3.05, 3.63) is 90.3 Å². The van der Waals surface area contributed by atoms with Crippen LogP contribution in [0.15, 0.2) is 84.3 Å². The molecule has 1 aromatic heterocycles. The number of hydrogen-bond acceptors (Lipinski definition) is 7. The number of benzene rings is 3. The highest BCUT2D eigenvalue weighted by Gasteiger charge is 2.18. The van der Waals surface area contributed by atoms with E-state index in [4.69, 9.17) is 14.2 Å². The van der Waals surface area contributed by atoms with E-state index in [0.29, 0.717) is 5.16 Å². The number of nitrogens with zero attached hydrogens (tertiary/aromatic N) is 3. The van der Waals surface area contributed by atoms with Crippen molar-refractivity contribution in [2.24, 2.45) is 0 Å². The minimum atomic E-state index is -0.334. The quantitative estimate of drug-likeness (QED) is 0.332. The van der Waals surface area contributed by atoms with E-state index >= 15 is 0 Å². The van der Waals surface area contributed by atoms with E-state index in [1.807, 2.05) is 77.4 Å². The second-order valence-corrected chi connectivity index (χ2v) is 8.46. The van der Waals surface area contributed by atoms with E-state index in [2.05, 4.69) is 15.5 Å². The van der Waals surface area contributed by atoms with Gasteiger partial charge in [0.2, 0.25) is 5.91 Å². The molecule has 0 atom stereocenters. The van der Waals surface area contributed by atoms with Crippen LogP contribution in [0.2, 0.25) is 0 Å². The number of ether oxygens (including phenoxy) is 3. The molecule has 0 saturated carbocycles. The summed E-state index contributed by atoms with van der Waals surface area (Å²) in [7, 11) is 4.87. The molecule has 0 spiro atoms. The van der Waals surface area contributed by atoms with Crippen LogP contribution in [0.5, 0.6) is 17.2 Å². The summed E-state index contributed by atoms with van der Waals surface area (Å²) in [6, 6.07) is 22.5. The standard InChI is InChI=1S/C26H26N4O4S/c1-32-21-10-4-18(5-11-21)25(19-6-12-22(33-2)13-7-19)28-24(31)16-35-26-29-27-17-30(26)20-8-14-23(34-3)15-9-20/h4-15,17,25H,16H2,1-3H3,(H,28,31). The molecule has 1 N–H and O–H groups in total. The van der Waals surface area contributed by atoms with Gasteiger partial charge in [0.05, 0.1) is 33.1 Å². The SMILES string of the molecule is COc1ccc(C(NC(=O)CSc2nncn2-c2ccc(OC)cc2)c2ccc(OC)cc2)cc1. The smallest absolute Gasteiger partial charge is 0.231 e. The van der Waals surface area contributed by atoms with Gasteiger partial charge in [-0.3, -0.25) is 9.36 Å². The highest BCUT2D eigenvalue weighted by atomic mass is 32.2. The van der Waals surface area contributed by atoms with Gasteiger partial charge in [-0.05, 0) is 59.7 Å². The zero-order valence-electron chi connectivity index (χ0n) is 19.7. The molecule has 0 unspecified atom stereocenters. The second kappa shape index (κ2) is 11.4. The third-order valence-electron chi connectivity index (χ3n) is 5.40. The fourth-order valence-corrected chi connectivity index (χ4v) is 4.27. The summed E-state index contributed by atoms with van der Waals surface area (Å²) < 4.78 is 17.6. The van der Waals surface area contributed by atoms with Gasteiger partial charge < -0.3 is 19.5 Å². The van der Waals surface area contributed by atoms with Gasteiger partial charge in [0.1, 0.15) is 23.6 Å². The molecule has 9 heteroatoms. The molecule has 4 aromatic rings. The van der Waals surface area contributed by atoms with Crippen LogP contribution >= 0.6 is 11.8 Å². The summed E-state index contributed by atoms with van der Waals surface area (Å²) in [5.74, 6) is 2.32. The zero-order chi connectivity index (χ0) is 24.6. The summed E-state index contributed by atoms with van der Waals surface area (Å²) in [5, 5.41) is 12.0. The maximum Gasteiger partial charge on any atom is 0.231 e. The molecule has 0 aliphatic rings. The Bertz CT molecular complexity index is 1190. The average Bonchev–Trinajstić information content (AvgIpc) is 3.39. The van der Waals surface area contributed by atoms with Crippen LogP contribution in [0.25, 0.3) is 5.69 Å². The molecule has 0 fully saturated rings. The predicted octanol–water partition coefficient (Wildman–Crippen LogP) is 4.29. The molecule has 1 amide bonds. The van der Waals surface area contributed by atoms with Crippen molar-refractivity contribution in [1.82, 2.24) is 20.1 Å². The van der Waals surface area contributed by atoms with Gasteiger partial charge in [0, 0.05) is 5.69 Å². The Morgan fingerprint density at radius 3 is 1.80 bits per heavy atom. The van der Waals surface area contributed by atoms with Crippen molar-refractivity contribution in [3.63, 3.8) is 0 Å².